The second-order valence-corrected chi connectivity index (χ2v) is 5.52. The van der Waals surface area contributed by atoms with Crippen LogP contribution in [-0.2, 0) is 19.2 Å². The fourth-order valence-corrected chi connectivity index (χ4v) is 1.71. The van der Waals surface area contributed by atoms with Crippen molar-refractivity contribution in [3.63, 3.8) is 0 Å². The van der Waals surface area contributed by atoms with Crippen LogP contribution >= 0.6 is 0 Å². The summed E-state index contributed by atoms with van der Waals surface area (Å²) in [6.07, 6.45) is 0.525. The molecule has 0 atom stereocenters. The largest absolute Gasteiger partial charge is 0.358 e. The van der Waals surface area contributed by atoms with Gasteiger partial charge >= 0.3 is 0 Å². The minimum absolute atomic E-state index is 0.0304. The average Bonchev–Trinajstić information content (AvgIpc) is 2.36. The molecule has 8 heteroatoms. The lowest BCUT2D eigenvalue weighted by Crippen LogP contribution is -2.48. The van der Waals surface area contributed by atoms with Crippen LogP contribution in [0.5, 0.6) is 0 Å². The number of rotatable bonds is 10. The van der Waals surface area contributed by atoms with Gasteiger partial charge in [-0.25, -0.2) is 0 Å². The lowest BCUT2D eigenvalue weighted by Gasteiger charge is -2.23. The number of amides is 4. The minimum atomic E-state index is -0.368. The number of hydrogen-bond donors (Lipinski definition) is 3. The molecule has 0 heterocycles. The first-order valence-electron chi connectivity index (χ1n) is 7.29. The van der Waals surface area contributed by atoms with E-state index >= 15 is 0 Å². The van der Waals surface area contributed by atoms with E-state index in [-0.39, 0.29) is 55.9 Å². The van der Waals surface area contributed by atoms with E-state index in [2.05, 4.69) is 16.0 Å². The molecule has 0 aromatic carbocycles. The molecule has 0 radical (unpaired) electrons. The fourth-order valence-electron chi connectivity index (χ4n) is 1.71. The van der Waals surface area contributed by atoms with Crippen LogP contribution in [0.25, 0.3) is 0 Å². The number of hydrogen-bond acceptors (Lipinski definition) is 4. The Bertz CT molecular complexity index is 372. The van der Waals surface area contributed by atoms with Gasteiger partial charge in [-0.05, 0) is 27.7 Å². The van der Waals surface area contributed by atoms with Gasteiger partial charge in [-0.1, -0.05) is 0 Å². The second kappa shape index (κ2) is 10.6. The van der Waals surface area contributed by atoms with Gasteiger partial charge in [0.05, 0.1) is 0 Å². The molecule has 0 aromatic heterocycles. The van der Waals surface area contributed by atoms with E-state index in [1.807, 2.05) is 27.7 Å². The Balaban J connectivity index is 4.67. The Hall–Kier alpha value is -2.12. The van der Waals surface area contributed by atoms with E-state index in [0.717, 1.165) is 0 Å². The molecule has 22 heavy (non-hydrogen) atoms. The molecule has 126 valence electrons. The quantitative estimate of drug-likeness (QED) is 0.355. The summed E-state index contributed by atoms with van der Waals surface area (Å²) in [6.45, 7) is 7.02. The molecule has 3 N–H and O–H groups in total. The monoisotopic (exact) mass is 314 g/mol. The first-order valence-corrected chi connectivity index (χ1v) is 7.29. The smallest absolute Gasteiger partial charge is 0.239 e. The molecular weight excluding hydrogens is 288 g/mol. The first kappa shape index (κ1) is 19.9. The molecule has 0 aromatic rings. The molecule has 0 aliphatic rings. The van der Waals surface area contributed by atoms with Crippen molar-refractivity contribution in [3.05, 3.63) is 0 Å². The van der Waals surface area contributed by atoms with Crippen molar-refractivity contribution in [2.45, 2.75) is 46.2 Å². The highest BCUT2D eigenvalue weighted by molar-refractivity contribution is 5.89. The number of nitrogens with one attached hydrogen (secondary N) is 3. The van der Waals surface area contributed by atoms with Crippen LogP contribution in [0.1, 0.15) is 34.1 Å². The van der Waals surface area contributed by atoms with Crippen LogP contribution in [0.3, 0.4) is 0 Å². The van der Waals surface area contributed by atoms with Crippen LogP contribution in [0.2, 0.25) is 0 Å². The maximum atomic E-state index is 12.1. The molecule has 0 aliphatic carbocycles. The number of carbonyl (C=O) groups is 4. The zero-order valence-electron chi connectivity index (χ0n) is 13.6. The van der Waals surface area contributed by atoms with Gasteiger partial charge in [0.2, 0.25) is 24.1 Å². The van der Waals surface area contributed by atoms with Gasteiger partial charge in [-0.15, -0.1) is 0 Å². The van der Waals surface area contributed by atoms with Gasteiger partial charge in [-0.2, -0.15) is 0 Å². The standard InChI is InChI=1S/C14H26N4O4/c1-10(2)16-12(20)7-18(8-13(21)17-11(3)4)14(22)5-6-15-9-19/h9-11H,5-8H2,1-4H3,(H,15,19)(H,16,20)(H,17,21). The van der Waals surface area contributed by atoms with Crippen molar-refractivity contribution >= 4 is 24.1 Å². The summed E-state index contributed by atoms with van der Waals surface area (Å²) >= 11 is 0. The molecule has 0 rings (SSSR count). The Labute approximate surface area is 131 Å². The van der Waals surface area contributed by atoms with Crippen LogP contribution in [0, 0.1) is 0 Å². The molecule has 8 nitrogen and oxygen atoms in total. The highest BCUT2D eigenvalue weighted by Crippen LogP contribution is 1.96. The van der Waals surface area contributed by atoms with Gasteiger partial charge in [0, 0.05) is 25.0 Å². The summed E-state index contributed by atoms with van der Waals surface area (Å²) < 4.78 is 0. The third-order valence-corrected chi connectivity index (χ3v) is 2.49. The summed E-state index contributed by atoms with van der Waals surface area (Å²) in [5.74, 6) is -1.03. The van der Waals surface area contributed by atoms with Crippen molar-refractivity contribution < 1.29 is 19.2 Å². The van der Waals surface area contributed by atoms with Crippen LogP contribution in [0.15, 0.2) is 0 Å². The van der Waals surface area contributed by atoms with Crippen molar-refractivity contribution in [2.75, 3.05) is 19.6 Å². The molecular formula is C14H26N4O4. The normalized spacial score (nSPS) is 10.3. The van der Waals surface area contributed by atoms with Crippen LogP contribution in [0.4, 0.5) is 0 Å². The maximum Gasteiger partial charge on any atom is 0.239 e. The molecule has 0 spiro atoms. The van der Waals surface area contributed by atoms with E-state index < -0.39 is 0 Å². The van der Waals surface area contributed by atoms with Gasteiger partial charge in [0.25, 0.3) is 0 Å². The zero-order chi connectivity index (χ0) is 17.1. The summed E-state index contributed by atoms with van der Waals surface area (Å²) in [5.41, 5.74) is 0. The second-order valence-electron chi connectivity index (χ2n) is 5.52. The Morgan fingerprint density at radius 1 is 0.955 bits per heavy atom. The SMILES string of the molecule is CC(C)NC(=O)CN(CC(=O)NC(C)C)C(=O)CCNC=O. The molecule has 0 unspecified atom stereocenters. The van der Waals surface area contributed by atoms with E-state index in [4.69, 9.17) is 0 Å². The lowest BCUT2D eigenvalue weighted by molar-refractivity contribution is -0.139. The predicted molar refractivity (Wildman–Crippen MR) is 81.8 cm³/mol. The van der Waals surface area contributed by atoms with E-state index in [1.54, 1.807) is 0 Å². The molecule has 0 saturated heterocycles. The van der Waals surface area contributed by atoms with Crippen molar-refractivity contribution in [1.82, 2.24) is 20.9 Å². The van der Waals surface area contributed by atoms with Gasteiger partial charge in [0.1, 0.15) is 13.1 Å². The highest BCUT2D eigenvalue weighted by atomic mass is 16.2. The van der Waals surface area contributed by atoms with Gasteiger partial charge in [0.15, 0.2) is 0 Å². The van der Waals surface area contributed by atoms with Gasteiger partial charge < -0.3 is 20.9 Å². The van der Waals surface area contributed by atoms with E-state index in [0.29, 0.717) is 6.41 Å². The topological polar surface area (TPSA) is 108 Å². The third-order valence-electron chi connectivity index (χ3n) is 2.49. The molecule has 0 saturated carbocycles. The summed E-state index contributed by atoms with van der Waals surface area (Å²) in [4.78, 5) is 47.0. The molecule has 0 aliphatic heterocycles. The Kier molecular flexibility index (Phi) is 9.56. The number of carbonyl (C=O) groups excluding carboxylic acids is 4. The number of nitrogens with zero attached hydrogens (tertiary/aromatic N) is 1. The summed E-state index contributed by atoms with van der Waals surface area (Å²) in [7, 11) is 0. The average molecular weight is 314 g/mol. The first-order chi connectivity index (χ1) is 10.3. The predicted octanol–water partition coefficient (Wildman–Crippen LogP) is -1.000. The third kappa shape index (κ3) is 9.73. The van der Waals surface area contributed by atoms with Crippen molar-refractivity contribution in [3.8, 4) is 0 Å². The minimum Gasteiger partial charge on any atom is -0.358 e. The van der Waals surface area contributed by atoms with Crippen LogP contribution in [-0.4, -0.2) is 60.7 Å². The van der Waals surface area contributed by atoms with Crippen molar-refractivity contribution in [1.29, 1.82) is 0 Å². The fraction of sp³-hybridized carbons (Fsp3) is 0.714. The highest BCUT2D eigenvalue weighted by Gasteiger charge is 2.20. The Morgan fingerprint density at radius 3 is 1.77 bits per heavy atom. The van der Waals surface area contributed by atoms with Gasteiger partial charge in [-0.3, -0.25) is 19.2 Å². The van der Waals surface area contributed by atoms with E-state index in [1.165, 1.54) is 4.90 Å². The maximum absolute atomic E-state index is 12.1. The van der Waals surface area contributed by atoms with E-state index in [9.17, 15) is 19.2 Å². The van der Waals surface area contributed by atoms with Crippen LogP contribution < -0.4 is 16.0 Å². The molecule has 4 amide bonds. The molecule has 0 fully saturated rings. The summed E-state index contributed by atoms with van der Waals surface area (Å²) in [5, 5.41) is 7.72. The summed E-state index contributed by atoms with van der Waals surface area (Å²) in [6, 6.07) is -0.101. The lowest BCUT2D eigenvalue weighted by atomic mass is 10.3. The molecule has 0 bridgehead atoms. The Morgan fingerprint density at radius 2 is 1.41 bits per heavy atom. The van der Waals surface area contributed by atoms with Crippen molar-refractivity contribution in [2.24, 2.45) is 0 Å². The zero-order valence-corrected chi connectivity index (χ0v) is 13.6.